The lowest BCUT2D eigenvalue weighted by molar-refractivity contribution is 0.0874. The van der Waals surface area contributed by atoms with E-state index >= 15 is 0 Å². The number of hydrogen-bond acceptors (Lipinski definition) is 7. The molecule has 0 aliphatic carbocycles. The maximum atomic E-state index is 10.4. The van der Waals surface area contributed by atoms with Crippen LogP contribution in [0.25, 0.3) is 0 Å². The lowest BCUT2D eigenvalue weighted by Gasteiger charge is -2.22. The fourth-order valence-electron chi connectivity index (χ4n) is 2.76. The second-order valence-corrected chi connectivity index (χ2v) is 6.38. The summed E-state index contributed by atoms with van der Waals surface area (Å²) in [6.45, 7) is 2.21. The molecule has 0 bridgehead atoms. The van der Waals surface area contributed by atoms with Gasteiger partial charge >= 0.3 is 0 Å². The molecule has 28 heavy (non-hydrogen) atoms. The van der Waals surface area contributed by atoms with Gasteiger partial charge in [-0.1, -0.05) is 30.3 Å². The minimum absolute atomic E-state index is 0.0692. The van der Waals surface area contributed by atoms with Crippen LogP contribution in [0.4, 0.5) is 0 Å². The summed E-state index contributed by atoms with van der Waals surface area (Å²) in [6, 6.07) is 12.5. The Morgan fingerprint density at radius 1 is 0.929 bits per heavy atom. The van der Waals surface area contributed by atoms with Crippen LogP contribution < -0.4 is 24.3 Å². The second kappa shape index (κ2) is 10.8. The van der Waals surface area contributed by atoms with Crippen LogP contribution in [0.1, 0.15) is 18.6 Å². The fraction of sp³-hybridized carbons (Fsp3) is 0.429. The van der Waals surface area contributed by atoms with Crippen molar-refractivity contribution in [2.24, 2.45) is 0 Å². The van der Waals surface area contributed by atoms with Gasteiger partial charge in [-0.2, -0.15) is 0 Å². The van der Waals surface area contributed by atoms with Gasteiger partial charge in [-0.05, 0) is 12.5 Å². The minimum atomic E-state index is -0.760. The van der Waals surface area contributed by atoms with Crippen LogP contribution in [0.2, 0.25) is 0 Å². The molecule has 0 saturated carbocycles. The van der Waals surface area contributed by atoms with Gasteiger partial charge in [0.1, 0.15) is 18.5 Å². The van der Waals surface area contributed by atoms with Crippen molar-refractivity contribution in [2.45, 2.75) is 25.2 Å². The predicted octanol–water partition coefficient (Wildman–Crippen LogP) is 2.16. The van der Waals surface area contributed by atoms with E-state index in [1.165, 1.54) is 21.3 Å². The van der Waals surface area contributed by atoms with Gasteiger partial charge < -0.3 is 34.5 Å². The molecule has 3 atom stereocenters. The molecule has 0 aliphatic rings. The zero-order chi connectivity index (χ0) is 20.5. The zero-order valence-electron chi connectivity index (χ0n) is 16.7. The molecule has 2 rings (SSSR count). The number of hydrogen-bond donors (Lipinski definition) is 3. The van der Waals surface area contributed by atoms with E-state index in [-0.39, 0.29) is 19.2 Å². The monoisotopic (exact) mass is 391 g/mol. The van der Waals surface area contributed by atoms with Crippen molar-refractivity contribution in [3.05, 3.63) is 48.0 Å². The van der Waals surface area contributed by atoms with Gasteiger partial charge in [0.15, 0.2) is 11.5 Å². The van der Waals surface area contributed by atoms with Crippen LogP contribution in [0.15, 0.2) is 42.5 Å². The molecule has 154 valence electrons. The van der Waals surface area contributed by atoms with Gasteiger partial charge in [-0.3, -0.25) is 0 Å². The smallest absolute Gasteiger partial charge is 0.203 e. The SMILES string of the molecule is COc1cc(OCC(O)CNC(C)C(O)c2ccccc2)cc(OC)c1OC. The fourth-order valence-corrected chi connectivity index (χ4v) is 2.76. The Bertz CT molecular complexity index is 699. The Labute approximate surface area is 165 Å². The Morgan fingerprint density at radius 3 is 2.07 bits per heavy atom. The molecule has 0 aromatic heterocycles. The van der Waals surface area contributed by atoms with Crippen LogP contribution in [0.5, 0.6) is 23.0 Å². The Morgan fingerprint density at radius 2 is 1.54 bits per heavy atom. The van der Waals surface area contributed by atoms with E-state index < -0.39 is 12.2 Å². The number of benzene rings is 2. The van der Waals surface area contributed by atoms with Crippen molar-refractivity contribution >= 4 is 0 Å². The average Bonchev–Trinajstić information content (AvgIpc) is 2.74. The highest BCUT2D eigenvalue weighted by Crippen LogP contribution is 2.40. The summed E-state index contributed by atoms with van der Waals surface area (Å²) < 4.78 is 21.5. The van der Waals surface area contributed by atoms with E-state index in [9.17, 15) is 10.2 Å². The Kier molecular flexibility index (Phi) is 8.38. The summed E-state index contributed by atoms with van der Waals surface area (Å²) in [5.41, 5.74) is 0.825. The van der Waals surface area contributed by atoms with Crippen molar-refractivity contribution in [3.8, 4) is 23.0 Å². The minimum Gasteiger partial charge on any atom is -0.493 e. The molecule has 0 aliphatic heterocycles. The first-order valence-corrected chi connectivity index (χ1v) is 9.07. The summed E-state index contributed by atoms with van der Waals surface area (Å²) in [6.07, 6.45) is -1.42. The first-order valence-electron chi connectivity index (χ1n) is 9.07. The van der Waals surface area contributed by atoms with Crippen molar-refractivity contribution in [2.75, 3.05) is 34.5 Å². The molecule has 2 aromatic carbocycles. The van der Waals surface area contributed by atoms with Crippen molar-refractivity contribution in [1.82, 2.24) is 5.32 Å². The van der Waals surface area contributed by atoms with Gasteiger partial charge in [0.25, 0.3) is 0 Å². The van der Waals surface area contributed by atoms with Crippen LogP contribution in [0, 0.1) is 0 Å². The molecule has 0 amide bonds. The summed E-state index contributed by atoms with van der Waals surface area (Å²) in [5.74, 6) is 1.92. The van der Waals surface area contributed by atoms with E-state index in [1.54, 1.807) is 12.1 Å². The van der Waals surface area contributed by atoms with Gasteiger partial charge in [-0.25, -0.2) is 0 Å². The normalized spacial score (nSPS) is 14.1. The van der Waals surface area contributed by atoms with Gasteiger partial charge in [0, 0.05) is 24.7 Å². The highest BCUT2D eigenvalue weighted by molar-refractivity contribution is 5.55. The maximum absolute atomic E-state index is 10.4. The molecule has 3 N–H and O–H groups in total. The third-order valence-electron chi connectivity index (χ3n) is 4.37. The second-order valence-electron chi connectivity index (χ2n) is 6.38. The quantitative estimate of drug-likeness (QED) is 0.541. The van der Waals surface area contributed by atoms with Crippen molar-refractivity contribution < 1.29 is 29.2 Å². The van der Waals surface area contributed by atoms with E-state index in [2.05, 4.69) is 5.32 Å². The standard InChI is InChI=1S/C21H29NO6/c1-14(20(24)15-8-6-5-7-9-15)22-12-16(23)13-28-17-10-18(25-2)21(27-4)19(11-17)26-3/h5-11,14,16,20,22-24H,12-13H2,1-4H3. The molecule has 0 fully saturated rings. The summed E-state index contributed by atoms with van der Waals surface area (Å²) in [7, 11) is 4.58. The average molecular weight is 391 g/mol. The molecule has 0 saturated heterocycles. The maximum Gasteiger partial charge on any atom is 0.203 e. The number of ether oxygens (including phenoxy) is 4. The number of rotatable bonds is 11. The Hall–Kier alpha value is -2.48. The number of nitrogens with one attached hydrogen (secondary N) is 1. The number of aliphatic hydroxyl groups excluding tert-OH is 2. The lowest BCUT2D eigenvalue weighted by atomic mass is 10.0. The molecular weight excluding hydrogens is 362 g/mol. The molecule has 0 heterocycles. The molecule has 7 heteroatoms. The predicted molar refractivity (Wildman–Crippen MR) is 106 cm³/mol. The molecule has 0 spiro atoms. The number of methoxy groups -OCH3 is 3. The van der Waals surface area contributed by atoms with Crippen LogP contribution >= 0.6 is 0 Å². The van der Waals surface area contributed by atoms with E-state index in [0.29, 0.717) is 23.0 Å². The van der Waals surface area contributed by atoms with E-state index in [1.807, 2.05) is 37.3 Å². The van der Waals surface area contributed by atoms with Crippen molar-refractivity contribution in [1.29, 1.82) is 0 Å². The summed E-state index contributed by atoms with van der Waals surface area (Å²) >= 11 is 0. The van der Waals surface area contributed by atoms with Crippen LogP contribution in [-0.4, -0.2) is 56.8 Å². The van der Waals surface area contributed by atoms with Crippen LogP contribution in [-0.2, 0) is 0 Å². The van der Waals surface area contributed by atoms with Crippen molar-refractivity contribution in [3.63, 3.8) is 0 Å². The largest absolute Gasteiger partial charge is 0.493 e. The highest BCUT2D eigenvalue weighted by Gasteiger charge is 2.18. The van der Waals surface area contributed by atoms with Gasteiger partial charge in [-0.15, -0.1) is 0 Å². The van der Waals surface area contributed by atoms with Crippen LogP contribution in [0.3, 0.4) is 0 Å². The third kappa shape index (κ3) is 5.76. The third-order valence-corrected chi connectivity index (χ3v) is 4.37. The topological polar surface area (TPSA) is 89.4 Å². The van der Waals surface area contributed by atoms with E-state index in [0.717, 1.165) is 5.56 Å². The lowest BCUT2D eigenvalue weighted by Crippen LogP contribution is -2.39. The van der Waals surface area contributed by atoms with Gasteiger partial charge in [0.2, 0.25) is 5.75 Å². The molecule has 2 aromatic rings. The molecule has 3 unspecified atom stereocenters. The molecule has 0 radical (unpaired) electrons. The molecular formula is C21H29NO6. The van der Waals surface area contributed by atoms with E-state index in [4.69, 9.17) is 18.9 Å². The molecule has 7 nitrogen and oxygen atoms in total. The van der Waals surface area contributed by atoms with Gasteiger partial charge in [0.05, 0.1) is 27.4 Å². The zero-order valence-corrected chi connectivity index (χ0v) is 16.7. The summed E-state index contributed by atoms with van der Waals surface area (Å²) in [4.78, 5) is 0. The first-order chi connectivity index (χ1) is 13.5. The summed E-state index contributed by atoms with van der Waals surface area (Å²) in [5, 5.41) is 23.7. The highest BCUT2D eigenvalue weighted by atomic mass is 16.5. The number of aliphatic hydroxyl groups is 2. The Balaban J connectivity index is 1.87. The first kappa shape index (κ1) is 21.8.